The number of hydrogen-bond acceptors (Lipinski definition) is 13. The highest BCUT2D eigenvalue weighted by Crippen LogP contribution is 2.26. The van der Waals surface area contributed by atoms with E-state index >= 15 is 0 Å². The Kier molecular flexibility index (Phi) is 15.5. The van der Waals surface area contributed by atoms with Crippen LogP contribution in [0.25, 0.3) is 28.6 Å². The van der Waals surface area contributed by atoms with Crippen LogP contribution >= 0.6 is 56.5 Å². The summed E-state index contributed by atoms with van der Waals surface area (Å²) < 4.78 is 18.1. The zero-order chi connectivity index (χ0) is 30.5. The van der Waals surface area contributed by atoms with Crippen LogP contribution < -0.4 is 17.2 Å². The number of hydrogen-bond donors (Lipinski definition) is 3. The summed E-state index contributed by atoms with van der Waals surface area (Å²) in [6.07, 6.45) is 2.56. The highest BCUT2D eigenvalue weighted by molar-refractivity contribution is 9.10. The lowest BCUT2D eigenvalue weighted by molar-refractivity contribution is 0.164. The van der Waals surface area contributed by atoms with Gasteiger partial charge in [0.05, 0.1) is 24.2 Å². The second kappa shape index (κ2) is 17.9. The van der Waals surface area contributed by atoms with E-state index in [1.54, 1.807) is 23.8 Å². The topological polar surface area (TPSA) is 212 Å². The molecule has 0 saturated heterocycles. The number of anilines is 2. The van der Waals surface area contributed by atoms with Gasteiger partial charge >= 0.3 is 6.09 Å². The number of aryl methyl sites for hydroxylation is 2. The van der Waals surface area contributed by atoms with Gasteiger partial charge in [-0.25, -0.2) is 24.3 Å². The lowest BCUT2D eigenvalue weighted by atomic mass is 10.3. The van der Waals surface area contributed by atoms with Crippen LogP contribution in [0, 0.1) is 13.8 Å². The summed E-state index contributed by atoms with van der Waals surface area (Å²) in [6, 6.07) is 7.39. The molecule has 0 unspecified atom stereocenters. The molecule has 0 aromatic carbocycles. The molecule has 5 heterocycles. The number of furan rings is 2. The van der Waals surface area contributed by atoms with E-state index in [1.807, 2.05) is 43.3 Å². The van der Waals surface area contributed by atoms with Crippen LogP contribution in [-0.2, 0) is 4.74 Å². The number of thiocarbonyl (C=S) groups is 1. The summed E-state index contributed by atoms with van der Waals surface area (Å²) in [5, 5.41) is 5.92. The molecule has 0 atom stereocenters. The summed E-state index contributed by atoms with van der Waals surface area (Å²) in [4.78, 5) is 29.8. The van der Waals surface area contributed by atoms with E-state index in [1.165, 1.54) is 7.05 Å². The average Bonchev–Trinajstić information content (AvgIpc) is 3.66. The van der Waals surface area contributed by atoms with Crippen molar-refractivity contribution >= 4 is 85.2 Å². The number of isothiocyanates is 1. The Morgan fingerprint density at radius 2 is 1.60 bits per heavy atom. The highest BCUT2D eigenvalue weighted by atomic mass is 79.9. The molecular weight excluding hydrogens is 720 g/mol. The molecule has 14 nitrogen and oxygen atoms in total. The van der Waals surface area contributed by atoms with Crippen molar-refractivity contribution in [1.29, 1.82) is 0 Å². The van der Waals surface area contributed by atoms with Gasteiger partial charge in [0.15, 0.2) is 28.7 Å². The third-order valence-electron chi connectivity index (χ3n) is 4.43. The number of aliphatic imine (C=N–C) groups is 1. The summed E-state index contributed by atoms with van der Waals surface area (Å²) >= 11 is 10.7. The molecule has 6 N–H and O–H groups in total. The highest BCUT2D eigenvalue weighted by Gasteiger charge is 2.14. The number of nitrogens with zero attached hydrogens (tertiary/aromatic N) is 7. The number of rotatable bonds is 3. The molecule has 0 aliphatic heterocycles. The van der Waals surface area contributed by atoms with Gasteiger partial charge in [-0.2, -0.15) is 4.98 Å². The normalized spacial score (nSPS) is 9.50. The SMILES string of the molecule is CCOC(=O)N=C=S.CN.Cc1ccc(-c2nc(Br)cn3nc(N)nc23)o1.Cc1ccc(-c2nc(Br)cnc2N)o1.Cl. The van der Waals surface area contributed by atoms with Gasteiger partial charge in [-0.15, -0.1) is 22.5 Å². The standard InChI is InChI=1S/C10H8BrN5O.C9H8BrN3O.C4H5NO2S.CH5N.ClH/c1-5-2-3-6(17-5)8-9-14-10(12)15-16(9)4-7(11)13-8;1-5-2-3-6(14-5)8-9(11)12-4-7(10)13-8;1-2-7-4(6)5-3-8;1-2;/h2-4H,1H3,(H2,12,15);2-4H,1H3,(H2,11,12);2H2,1H3;2H2,1H3;1H. The van der Waals surface area contributed by atoms with E-state index < -0.39 is 6.09 Å². The van der Waals surface area contributed by atoms with Crippen LogP contribution in [0.3, 0.4) is 0 Å². The molecule has 0 bridgehead atoms. The predicted molar refractivity (Wildman–Crippen MR) is 171 cm³/mol. The monoisotopic (exact) mass is 744 g/mol. The van der Waals surface area contributed by atoms with Crippen molar-refractivity contribution in [3.63, 3.8) is 0 Å². The van der Waals surface area contributed by atoms with Crippen molar-refractivity contribution in [3.05, 3.63) is 57.4 Å². The third kappa shape index (κ3) is 10.6. The number of halogens is 3. The fraction of sp³-hybridized carbons (Fsp3) is 0.208. The zero-order valence-electron chi connectivity index (χ0n) is 22.7. The smallest absolute Gasteiger partial charge is 0.442 e. The molecule has 0 aliphatic rings. The Balaban J connectivity index is 0.000000321. The number of aromatic nitrogens is 6. The Hall–Kier alpha value is -3.73. The Morgan fingerprint density at radius 1 is 1.02 bits per heavy atom. The number of ether oxygens (including phenoxy) is 1. The fourth-order valence-electron chi connectivity index (χ4n) is 2.92. The fourth-order valence-corrected chi connectivity index (χ4v) is 3.64. The van der Waals surface area contributed by atoms with E-state index in [0.29, 0.717) is 50.2 Å². The van der Waals surface area contributed by atoms with E-state index in [4.69, 9.17) is 20.3 Å². The van der Waals surface area contributed by atoms with Gasteiger partial charge in [0.1, 0.15) is 26.4 Å². The molecule has 0 spiro atoms. The maximum absolute atomic E-state index is 10.1. The number of amides is 1. The third-order valence-corrected chi connectivity index (χ3v) is 5.29. The number of carbonyl (C=O) groups excluding carboxylic acids is 1. The van der Waals surface area contributed by atoms with Gasteiger partial charge in [0.2, 0.25) is 5.95 Å². The molecule has 224 valence electrons. The molecular formula is C24H27Br2ClN10O4S. The lowest BCUT2D eigenvalue weighted by Crippen LogP contribution is -1.96. The Labute approximate surface area is 268 Å². The molecule has 0 radical (unpaired) electrons. The van der Waals surface area contributed by atoms with Gasteiger partial charge in [0.25, 0.3) is 0 Å². The van der Waals surface area contributed by atoms with E-state index in [0.717, 1.165) is 11.5 Å². The molecule has 0 saturated carbocycles. The summed E-state index contributed by atoms with van der Waals surface area (Å²) in [7, 11) is 1.50. The molecule has 5 aromatic heterocycles. The van der Waals surface area contributed by atoms with Crippen LogP contribution in [0.4, 0.5) is 16.6 Å². The van der Waals surface area contributed by atoms with Crippen molar-refractivity contribution in [2.45, 2.75) is 20.8 Å². The largest absolute Gasteiger partial charge is 0.460 e. The minimum absolute atomic E-state index is 0. The second-order valence-electron chi connectivity index (χ2n) is 7.30. The number of nitrogens with two attached hydrogens (primary N) is 3. The van der Waals surface area contributed by atoms with Crippen molar-refractivity contribution < 1.29 is 18.4 Å². The summed E-state index contributed by atoms with van der Waals surface area (Å²) in [5.41, 5.74) is 17.5. The van der Waals surface area contributed by atoms with Crippen LogP contribution in [0.2, 0.25) is 0 Å². The van der Waals surface area contributed by atoms with Gasteiger partial charge in [-0.05, 0) is 96.2 Å². The molecule has 42 heavy (non-hydrogen) atoms. The second-order valence-corrected chi connectivity index (χ2v) is 9.11. The minimum atomic E-state index is -0.678. The van der Waals surface area contributed by atoms with E-state index in [9.17, 15) is 4.79 Å². The molecule has 0 aliphatic carbocycles. The van der Waals surface area contributed by atoms with Crippen molar-refractivity contribution in [2.24, 2.45) is 10.7 Å². The number of carbonyl (C=O) groups is 1. The van der Waals surface area contributed by atoms with Gasteiger partial charge in [-0.1, -0.05) is 0 Å². The Bertz CT molecular complexity index is 1650. The van der Waals surface area contributed by atoms with Gasteiger partial charge in [0, 0.05) is 0 Å². The zero-order valence-corrected chi connectivity index (χ0v) is 27.5. The number of nitrogen functional groups attached to an aromatic ring is 2. The molecule has 18 heteroatoms. The van der Waals surface area contributed by atoms with Crippen molar-refractivity contribution in [1.82, 2.24) is 29.5 Å². The van der Waals surface area contributed by atoms with Gasteiger partial charge < -0.3 is 30.8 Å². The quantitative estimate of drug-likeness (QED) is 0.150. The van der Waals surface area contributed by atoms with Gasteiger partial charge in [-0.3, -0.25) is 0 Å². The predicted octanol–water partition coefficient (Wildman–Crippen LogP) is 5.67. The van der Waals surface area contributed by atoms with E-state index in [2.05, 4.69) is 84.6 Å². The Morgan fingerprint density at radius 3 is 2.12 bits per heavy atom. The maximum atomic E-state index is 10.1. The minimum Gasteiger partial charge on any atom is -0.460 e. The summed E-state index contributed by atoms with van der Waals surface area (Å²) in [6.45, 7) is 5.75. The van der Waals surface area contributed by atoms with Crippen molar-refractivity contribution in [3.8, 4) is 22.9 Å². The first-order valence-corrected chi connectivity index (χ1v) is 13.5. The van der Waals surface area contributed by atoms with Crippen LogP contribution in [0.1, 0.15) is 18.4 Å². The average molecular weight is 747 g/mol. The molecule has 5 rings (SSSR count). The first-order chi connectivity index (χ1) is 19.6. The molecule has 1 amide bonds. The first-order valence-electron chi connectivity index (χ1n) is 11.5. The van der Waals surface area contributed by atoms with Crippen LogP contribution in [-0.4, -0.2) is 54.5 Å². The van der Waals surface area contributed by atoms with Crippen LogP contribution in [0.5, 0.6) is 0 Å². The summed E-state index contributed by atoms with van der Waals surface area (Å²) in [5.74, 6) is 3.47. The van der Waals surface area contributed by atoms with Crippen molar-refractivity contribution in [2.75, 3.05) is 25.1 Å². The first kappa shape index (κ1) is 36.3. The molecule has 0 fully saturated rings. The molecule has 5 aromatic rings. The maximum Gasteiger partial charge on any atom is 0.442 e. The van der Waals surface area contributed by atoms with Crippen LogP contribution in [0.15, 0.2) is 59.7 Å². The lowest BCUT2D eigenvalue weighted by Gasteiger charge is -2.00. The van der Waals surface area contributed by atoms with E-state index in [-0.39, 0.29) is 18.4 Å². The number of fused-ring (bicyclic) bond motifs is 1.